The summed E-state index contributed by atoms with van der Waals surface area (Å²) in [6.45, 7) is 2.22. The highest BCUT2D eigenvalue weighted by Gasteiger charge is 2.32. The average Bonchev–Trinajstić information content (AvgIpc) is 2.89. The molecule has 1 aromatic rings. The van der Waals surface area contributed by atoms with Gasteiger partial charge in [-0.1, -0.05) is 6.07 Å². The zero-order chi connectivity index (χ0) is 14.1. The first-order chi connectivity index (χ1) is 9.65. The van der Waals surface area contributed by atoms with Crippen molar-refractivity contribution in [1.82, 2.24) is 10.2 Å². The summed E-state index contributed by atoms with van der Waals surface area (Å²) in [7, 11) is 0. The maximum Gasteiger partial charge on any atom is 0.253 e. The lowest BCUT2D eigenvalue weighted by atomic mass is 9.97. The summed E-state index contributed by atoms with van der Waals surface area (Å²) in [6.07, 6.45) is 4.41. The zero-order valence-corrected chi connectivity index (χ0v) is 11.4. The largest absolute Gasteiger partial charge is 0.396 e. The van der Waals surface area contributed by atoms with Gasteiger partial charge in [-0.05, 0) is 44.4 Å². The maximum atomic E-state index is 13.4. The first-order valence-electron chi connectivity index (χ1n) is 7.24. The van der Waals surface area contributed by atoms with Crippen LogP contribution >= 0.6 is 0 Å². The minimum Gasteiger partial charge on any atom is -0.396 e. The van der Waals surface area contributed by atoms with Gasteiger partial charge in [-0.2, -0.15) is 0 Å². The second-order valence-corrected chi connectivity index (χ2v) is 5.73. The zero-order valence-electron chi connectivity index (χ0n) is 11.4. The van der Waals surface area contributed by atoms with E-state index in [0.717, 1.165) is 19.4 Å². The van der Waals surface area contributed by atoms with Crippen LogP contribution in [0.4, 0.5) is 10.1 Å². The average molecular weight is 277 g/mol. The Morgan fingerprint density at radius 3 is 3.05 bits per heavy atom. The number of amides is 1. The molecule has 2 atom stereocenters. The summed E-state index contributed by atoms with van der Waals surface area (Å²) >= 11 is 0. The van der Waals surface area contributed by atoms with E-state index in [4.69, 9.17) is 5.73 Å². The minimum absolute atomic E-state index is 0.0664. The molecule has 4 nitrogen and oxygen atoms in total. The van der Waals surface area contributed by atoms with Crippen molar-refractivity contribution >= 4 is 11.6 Å². The molecular weight excluding hydrogens is 257 g/mol. The predicted molar refractivity (Wildman–Crippen MR) is 75.9 cm³/mol. The Labute approximate surface area is 118 Å². The van der Waals surface area contributed by atoms with Crippen LogP contribution in [0, 0.1) is 5.82 Å². The molecule has 108 valence electrons. The van der Waals surface area contributed by atoms with Gasteiger partial charge in [0.2, 0.25) is 0 Å². The topological polar surface area (TPSA) is 58.4 Å². The van der Waals surface area contributed by atoms with Gasteiger partial charge in [0.05, 0.1) is 11.3 Å². The Hall–Kier alpha value is -1.62. The van der Waals surface area contributed by atoms with Gasteiger partial charge in [0.15, 0.2) is 0 Å². The molecule has 5 heteroatoms. The highest BCUT2D eigenvalue weighted by Crippen LogP contribution is 2.27. The molecule has 3 rings (SSSR count). The molecule has 0 aromatic heterocycles. The van der Waals surface area contributed by atoms with Crippen molar-refractivity contribution in [3.05, 3.63) is 29.6 Å². The molecule has 2 heterocycles. The lowest BCUT2D eigenvalue weighted by Gasteiger charge is -2.35. The second kappa shape index (κ2) is 5.40. The van der Waals surface area contributed by atoms with Gasteiger partial charge in [-0.25, -0.2) is 4.39 Å². The number of nitrogen functional groups attached to an aromatic ring is 1. The quantitative estimate of drug-likeness (QED) is 0.810. The molecule has 2 saturated heterocycles. The fourth-order valence-corrected chi connectivity index (χ4v) is 3.35. The third-order valence-electron chi connectivity index (χ3n) is 4.45. The van der Waals surface area contributed by atoms with Crippen molar-refractivity contribution in [1.29, 1.82) is 0 Å². The van der Waals surface area contributed by atoms with Gasteiger partial charge in [0, 0.05) is 18.6 Å². The van der Waals surface area contributed by atoms with E-state index in [-0.39, 0.29) is 23.2 Å². The normalized spacial score (nSPS) is 26.2. The van der Waals surface area contributed by atoms with Gasteiger partial charge in [-0.3, -0.25) is 4.79 Å². The molecule has 3 N–H and O–H groups in total. The number of carbonyl (C=O) groups is 1. The van der Waals surface area contributed by atoms with E-state index in [0.29, 0.717) is 6.04 Å². The number of nitrogens with two attached hydrogens (primary N) is 1. The molecule has 2 aliphatic rings. The molecular formula is C15H20FN3O. The van der Waals surface area contributed by atoms with Gasteiger partial charge in [-0.15, -0.1) is 0 Å². The van der Waals surface area contributed by atoms with E-state index >= 15 is 0 Å². The number of halogens is 1. The summed E-state index contributed by atoms with van der Waals surface area (Å²) in [4.78, 5) is 14.7. The van der Waals surface area contributed by atoms with Crippen LogP contribution in [0.25, 0.3) is 0 Å². The van der Waals surface area contributed by atoms with Gasteiger partial charge in [0.25, 0.3) is 5.91 Å². The van der Waals surface area contributed by atoms with E-state index in [1.807, 2.05) is 0 Å². The molecule has 20 heavy (non-hydrogen) atoms. The molecule has 2 fully saturated rings. The van der Waals surface area contributed by atoms with Crippen LogP contribution in [-0.2, 0) is 0 Å². The van der Waals surface area contributed by atoms with Crippen LogP contribution in [0.1, 0.15) is 36.0 Å². The minimum atomic E-state index is -0.539. The highest BCUT2D eigenvalue weighted by molar-refractivity contribution is 5.99. The van der Waals surface area contributed by atoms with E-state index in [9.17, 15) is 9.18 Å². The van der Waals surface area contributed by atoms with E-state index in [2.05, 4.69) is 10.2 Å². The Balaban J connectivity index is 1.65. The Morgan fingerprint density at radius 2 is 2.20 bits per heavy atom. The first-order valence-corrected chi connectivity index (χ1v) is 7.24. The van der Waals surface area contributed by atoms with Crippen molar-refractivity contribution in [3.63, 3.8) is 0 Å². The second-order valence-electron chi connectivity index (χ2n) is 5.73. The fraction of sp³-hybridized carbons (Fsp3) is 0.533. The third-order valence-corrected chi connectivity index (χ3v) is 4.45. The smallest absolute Gasteiger partial charge is 0.253 e. The molecule has 0 aliphatic carbocycles. The van der Waals surface area contributed by atoms with Gasteiger partial charge in [0.1, 0.15) is 5.82 Å². The molecule has 1 amide bonds. The number of rotatable bonds is 2. The monoisotopic (exact) mass is 277 g/mol. The predicted octanol–water partition coefficient (Wildman–Crippen LogP) is 1.76. The molecule has 0 spiro atoms. The number of nitrogens with one attached hydrogen (secondary N) is 1. The van der Waals surface area contributed by atoms with Gasteiger partial charge >= 0.3 is 0 Å². The molecule has 0 radical (unpaired) electrons. The van der Waals surface area contributed by atoms with Gasteiger partial charge < -0.3 is 16.0 Å². The first kappa shape index (κ1) is 13.4. The number of hydrogen-bond donors (Lipinski definition) is 2. The standard InChI is InChI=1S/C15H20FN3O/c16-13-5-1-4-12(14(13)17)15(20)18-10-6-8-19-7-2-3-11(19)9-10/h1,4-5,10-11H,2-3,6-9,17H2,(H,18,20). The number of anilines is 1. The molecule has 0 bridgehead atoms. The maximum absolute atomic E-state index is 13.4. The number of piperidine rings is 1. The van der Waals surface area contributed by atoms with E-state index in [1.165, 1.54) is 31.5 Å². The Kier molecular flexibility index (Phi) is 3.61. The van der Waals surface area contributed by atoms with Crippen molar-refractivity contribution in [3.8, 4) is 0 Å². The summed E-state index contributed by atoms with van der Waals surface area (Å²) in [5.41, 5.74) is 5.80. The number of para-hydroxylation sites is 1. The molecule has 2 unspecified atom stereocenters. The van der Waals surface area contributed by atoms with Crippen LogP contribution in [0.3, 0.4) is 0 Å². The number of hydrogen-bond acceptors (Lipinski definition) is 3. The van der Waals surface area contributed by atoms with Crippen molar-refractivity contribution in [2.45, 2.75) is 37.8 Å². The summed E-state index contributed by atoms with van der Waals surface area (Å²) in [6, 6.07) is 5.12. The lowest BCUT2D eigenvalue weighted by Crippen LogP contribution is -2.47. The Morgan fingerprint density at radius 1 is 1.35 bits per heavy atom. The number of carbonyl (C=O) groups excluding carboxylic acids is 1. The van der Waals surface area contributed by atoms with Crippen LogP contribution in [-0.4, -0.2) is 36.0 Å². The lowest BCUT2D eigenvalue weighted by molar-refractivity contribution is 0.0896. The Bertz CT molecular complexity index is 520. The van der Waals surface area contributed by atoms with E-state index < -0.39 is 5.82 Å². The van der Waals surface area contributed by atoms with Crippen LogP contribution < -0.4 is 11.1 Å². The third kappa shape index (κ3) is 2.50. The van der Waals surface area contributed by atoms with Crippen LogP contribution in [0.15, 0.2) is 18.2 Å². The van der Waals surface area contributed by atoms with Crippen molar-refractivity contribution < 1.29 is 9.18 Å². The summed E-state index contributed by atoms with van der Waals surface area (Å²) in [5.74, 6) is -0.804. The highest BCUT2D eigenvalue weighted by atomic mass is 19.1. The molecule has 0 saturated carbocycles. The summed E-state index contributed by atoms with van der Waals surface area (Å²) < 4.78 is 13.4. The number of nitrogens with zero attached hydrogens (tertiary/aromatic N) is 1. The SMILES string of the molecule is Nc1c(F)cccc1C(=O)NC1CCN2CCCC2C1. The van der Waals surface area contributed by atoms with Crippen LogP contribution in [0.2, 0.25) is 0 Å². The fourth-order valence-electron chi connectivity index (χ4n) is 3.35. The number of benzene rings is 1. The summed E-state index contributed by atoms with van der Waals surface area (Å²) in [5, 5.41) is 3.00. The van der Waals surface area contributed by atoms with Crippen molar-refractivity contribution in [2.24, 2.45) is 0 Å². The number of fused-ring (bicyclic) bond motifs is 1. The van der Waals surface area contributed by atoms with E-state index in [1.54, 1.807) is 6.07 Å². The molecule has 1 aromatic carbocycles. The molecule has 2 aliphatic heterocycles. The van der Waals surface area contributed by atoms with Crippen molar-refractivity contribution in [2.75, 3.05) is 18.8 Å². The van der Waals surface area contributed by atoms with Crippen LogP contribution in [0.5, 0.6) is 0 Å².